The lowest BCUT2D eigenvalue weighted by Crippen LogP contribution is -2.35. The molecule has 1 atom stereocenters. The Morgan fingerprint density at radius 3 is 2.44 bits per heavy atom. The molecule has 0 aliphatic heterocycles. The molecule has 2 aromatic rings. The van der Waals surface area contributed by atoms with Crippen LogP contribution in [0.15, 0.2) is 48.5 Å². The second-order valence-electron chi connectivity index (χ2n) is 5.66. The predicted molar refractivity (Wildman–Crippen MR) is 92.6 cm³/mol. The third-order valence-corrected chi connectivity index (χ3v) is 3.60. The highest BCUT2D eigenvalue weighted by Crippen LogP contribution is 2.17. The zero-order valence-corrected chi connectivity index (χ0v) is 14.5. The topological polar surface area (TPSA) is 84.5 Å². The van der Waals surface area contributed by atoms with E-state index in [4.69, 9.17) is 4.74 Å². The van der Waals surface area contributed by atoms with Gasteiger partial charge in [0.05, 0.1) is 6.04 Å². The molecule has 2 aromatic carbocycles. The number of hydrogen-bond acceptors (Lipinski definition) is 4. The molecule has 6 nitrogen and oxygen atoms in total. The summed E-state index contributed by atoms with van der Waals surface area (Å²) in [7, 11) is 0. The van der Waals surface area contributed by atoms with Crippen LogP contribution >= 0.6 is 0 Å². The van der Waals surface area contributed by atoms with Crippen LogP contribution in [0.25, 0.3) is 0 Å². The van der Waals surface area contributed by atoms with Gasteiger partial charge in [0.25, 0.3) is 11.8 Å². The molecule has 0 aliphatic rings. The number of amides is 2. The molecule has 2 rings (SSSR count). The molecule has 27 heavy (non-hydrogen) atoms. The summed E-state index contributed by atoms with van der Waals surface area (Å²) < 4.78 is 31.3. The SMILES string of the molecule is C[C@@H](NC(=O)COC(=O)CNC(=O)c1ccccc1)c1ccc(F)cc1F. The first-order chi connectivity index (χ1) is 12.9. The lowest BCUT2D eigenvalue weighted by molar-refractivity contribution is -0.147. The summed E-state index contributed by atoms with van der Waals surface area (Å²) >= 11 is 0. The fraction of sp³-hybridized carbons (Fsp3) is 0.211. The summed E-state index contributed by atoms with van der Waals surface area (Å²) in [5, 5.41) is 4.81. The molecule has 0 aromatic heterocycles. The van der Waals surface area contributed by atoms with E-state index in [1.807, 2.05) is 0 Å². The van der Waals surface area contributed by atoms with Crippen molar-refractivity contribution >= 4 is 17.8 Å². The summed E-state index contributed by atoms with van der Waals surface area (Å²) in [4.78, 5) is 35.2. The number of esters is 1. The first kappa shape index (κ1) is 20.0. The minimum atomic E-state index is -0.796. The van der Waals surface area contributed by atoms with E-state index in [1.165, 1.54) is 13.0 Å². The number of carbonyl (C=O) groups excluding carboxylic acids is 3. The maximum Gasteiger partial charge on any atom is 0.325 e. The summed E-state index contributed by atoms with van der Waals surface area (Å²) in [5.74, 6) is -3.41. The number of halogens is 2. The van der Waals surface area contributed by atoms with Crippen LogP contribution in [0.4, 0.5) is 8.78 Å². The predicted octanol–water partition coefficient (Wildman–Crippen LogP) is 2.12. The minimum Gasteiger partial charge on any atom is -0.454 e. The standard InChI is InChI=1S/C19H18F2N2O4/c1-12(15-8-7-14(20)9-16(15)21)23-17(24)11-27-18(25)10-22-19(26)13-5-3-2-4-6-13/h2-9,12H,10-11H2,1H3,(H,22,26)(H,23,24)/t12-/m1/s1. The Morgan fingerprint density at radius 1 is 1.07 bits per heavy atom. The van der Waals surface area contributed by atoms with Crippen LogP contribution in [0.1, 0.15) is 28.9 Å². The van der Waals surface area contributed by atoms with Crippen LogP contribution in [-0.2, 0) is 14.3 Å². The van der Waals surface area contributed by atoms with Crippen molar-refractivity contribution in [2.45, 2.75) is 13.0 Å². The Kier molecular flexibility index (Phi) is 6.99. The largest absolute Gasteiger partial charge is 0.454 e. The molecule has 0 unspecified atom stereocenters. The van der Waals surface area contributed by atoms with Crippen molar-refractivity contribution in [1.29, 1.82) is 0 Å². The highest BCUT2D eigenvalue weighted by atomic mass is 19.1. The van der Waals surface area contributed by atoms with Gasteiger partial charge in [-0.05, 0) is 25.1 Å². The maximum atomic E-state index is 13.7. The van der Waals surface area contributed by atoms with E-state index in [1.54, 1.807) is 30.3 Å². The van der Waals surface area contributed by atoms with Crippen LogP contribution in [-0.4, -0.2) is 30.9 Å². The third kappa shape index (κ3) is 6.18. The smallest absolute Gasteiger partial charge is 0.325 e. The summed E-state index contributed by atoms with van der Waals surface area (Å²) in [6.07, 6.45) is 0. The van der Waals surface area contributed by atoms with Crippen molar-refractivity contribution in [3.05, 3.63) is 71.3 Å². The van der Waals surface area contributed by atoms with E-state index >= 15 is 0 Å². The fourth-order valence-corrected chi connectivity index (χ4v) is 2.25. The molecule has 0 fully saturated rings. The molecule has 2 amide bonds. The van der Waals surface area contributed by atoms with Gasteiger partial charge in [0.2, 0.25) is 0 Å². The minimum absolute atomic E-state index is 0.103. The Balaban J connectivity index is 1.74. The van der Waals surface area contributed by atoms with Crippen molar-refractivity contribution in [1.82, 2.24) is 10.6 Å². The van der Waals surface area contributed by atoms with E-state index < -0.39 is 48.6 Å². The van der Waals surface area contributed by atoms with Gasteiger partial charge >= 0.3 is 5.97 Å². The molecule has 0 radical (unpaired) electrons. The molecule has 0 spiro atoms. The Labute approximate surface area is 154 Å². The Bertz CT molecular complexity index is 828. The average molecular weight is 376 g/mol. The third-order valence-electron chi connectivity index (χ3n) is 3.60. The van der Waals surface area contributed by atoms with Gasteiger partial charge in [-0.1, -0.05) is 24.3 Å². The van der Waals surface area contributed by atoms with Gasteiger partial charge in [-0.3, -0.25) is 14.4 Å². The number of rotatable bonds is 7. The maximum absolute atomic E-state index is 13.7. The van der Waals surface area contributed by atoms with Crippen LogP contribution in [0.2, 0.25) is 0 Å². The van der Waals surface area contributed by atoms with Gasteiger partial charge in [-0.25, -0.2) is 8.78 Å². The van der Waals surface area contributed by atoms with Crippen molar-refractivity contribution in [2.75, 3.05) is 13.2 Å². The number of hydrogen-bond donors (Lipinski definition) is 2. The molecule has 0 saturated heterocycles. The van der Waals surface area contributed by atoms with E-state index in [-0.39, 0.29) is 5.56 Å². The van der Waals surface area contributed by atoms with E-state index in [0.29, 0.717) is 11.6 Å². The quantitative estimate of drug-likeness (QED) is 0.725. The van der Waals surface area contributed by atoms with Crippen molar-refractivity contribution in [3.8, 4) is 0 Å². The second-order valence-corrected chi connectivity index (χ2v) is 5.66. The number of ether oxygens (including phenoxy) is 1. The highest BCUT2D eigenvalue weighted by molar-refractivity contribution is 5.96. The number of benzene rings is 2. The summed E-state index contributed by atoms with van der Waals surface area (Å²) in [6, 6.07) is 10.6. The van der Waals surface area contributed by atoms with Gasteiger partial charge < -0.3 is 15.4 Å². The highest BCUT2D eigenvalue weighted by Gasteiger charge is 2.16. The van der Waals surface area contributed by atoms with Gasteiger partial charge in [0, 0.05) is 17.2 Å². The fourth-order valence-electron chi connectivity index (χ4n) is 2.25. The second kappa shape index (κ2) is 9.42. The van der Waals surface area contributed by atoms with Crippen molar-refractivity contribution < 1.29 is 27.9 Å². The Morgan fingerprint density at radius 2 is 1.78 bits per heavy atom. The lowest BCUT2D eigenvalue weighted by Gasteiger charge is -2.15. The molecule has 142 valence electrons. The molecule has 8 heteroatoms. The zero-order valence-electron chi connectivity index (χ0n) is 14.5. The van der Waals surface area contributed by atoms with E-state index in [2.05, 4.69) is 10.6 Å². The summed E-state index contributed by atoms with van der Waals surface area (Å²) in [5.41, 5.74) is 0.490. The average Bonchev–Trinajstić information content (AvgIpc) is 2.65. The first-order valence-electron chi connectivity index (χ1n) is 8.10. The van der Waals surface area contributed by atoms with Crippen LogP contribution in [0.3, 0.4) is 0 Å². The number of carbonyl (C=O) groups is 3. The monoisotopic (exact) mass is 376 g/mol. The van der Waals surface area contributed by atoms with Gasteiger partial charge in [-0.15, -0.1) is 0 Å². The lowest BCUT2D eigenvalue weighted by atomic mass is 10.1. The van der Waals surface area contributed by atoms with E-state index in [9.17, 15) is 23.2 Å². The molecular formula is C19H18F2N2O4. The molecular weight excluding hydrogens is 358 g/mol. The zero-order chi connectivity index (χ0) is 19.8. The van der Waals surface area contributed by atoms with E-state index in [0.717, 1.165) is 6.07 Å². The van der Waals surface area contributed by atoms with Gasteiger partial charge in [-0.2, -0.15) is 0 Å². The van der Waals surface area contributed by atoms with Crippen LogP contribution in [0.5, 0.6) is 0 Å². The normalized spacial score (nSPS) is 11.4. The van der Waals surface area contributed by atoms with Gasteiger partial charge in [0.1, 0.15) is 18.2 Å². The van der Waals surface area contributed by atoms with Crippen molar-refractivity contribution in [3.63, 3.8) is 0 Å². The molecule has 0 heterocycles. The molecule has 0 aliphatic carbocycles. The van der Waals surface area contributed by atoms with Gasteiger partial charge in [0.15, 0.2) is 6.61 Å². The Hall–Kier alpha value is -3.29. The van der Waals surface area contributed by atoms with Crippen LogP contribution in [0, 0.1) is 11.6 Å². The first-order valence-corrected chi connectivity index (χ1v) is 8.10. The molecule has 0 saturated carbocycles. The van der Waals surface area contributed by atoms with Crippen molar-refractivity contribution in [2.24, 2.45) is 0 Å². The molecule has 2 N–H and O–H groups in total. The summed E-state index contributed by atoms with van der Waals surface area (Å²) in [6.45, 7) is 0.520. The number of nitrogens with one attached hydrogen (secondary N) is 2. The van der Waals surface area contributed by atoms with Crippen LogP contribution < -0.4 is 10.6 Å². The molecule has 0 bridgehead atoms.